The summed E-state index contributed by atoms with van der Waals surface area (Å²) in [7, 11) is -3.51. The summed E-state index contributed by atoms with van der Waals surface area (Å²) >= 11 is 1.80. The molecule has 1 aromatic heterocycles. The van der Waals surface area contributed by atoms with E-state index in [1.807, 2.05) is 6.07 Å². The normalized spacial score (nSPS) is 20.1. The van der Waals surface area contributed by atoms with Crippen molar-refractivity contribution in [2.45, 2.75) is 29.9 Å². The van der Waals surface area contributed by atoms with Crippen LogP contribution in [0.15, 0.2) is 23.2 Å². The van der Waals surface area contributed by atoms with Gasteiger partial charge in [0.05, 0.1) is 0 Å². The van der Waals surface area contributed by atoms with Crippen molar-refractivity contribution in [2.75, 3.05) is 18.8 Å². The molecule has 1 aliphatic rings. The average Bonchev–Trinajstić information content (AvgIpc) is 2.60. The fourth-order valence-electron chi connectivity index (χ4n) is 1.99. The summed E-state index contributed by atoms with van der Waals surface area (Å²) in [6.07, 6.45) is 2.08. The molecule has 1 aromatic rings. The fourth-order valence-corrected chi connectivity index (χ4v) is 4.59. The molecule has 1 fully saturated rings. The third-order valence-electron chi connectivity index (χ3n) is 3.29. The van der Waals surface area contributed by atoms with Gasteiger partial charge < -0.3 is 0 Å². The van der Waals surface area contributed by atoms with Gasteiger partial charge in [-0.2, -0.15) is 21.3 Å². The van der Waals surface area contributed by atoms with Crippen LogP contribution in [-0.4, -0.2) is 41.3 Å². The van der Waals surface area contributed by atoms with Gasteiger partial charge in [0.15, 0.2) is 0 Å². The Morgan fingerprint density at radius 2 is 2.15 bits per heavy atom. The predicted molar refractivity (Wildman–Crippen MR) is 78.9 cm³/mol. The van der Waals surface area contributed by atoms with Crippen molar-refractivity contribution < 1.29 is 8.42 Å². The van der Waals surface area contributed by atoms with Crippen LogP contribution in [0, 0.1) is 11.3 Å². The van der Waals surface area contributed by atoms with E-state index in [-0.39, 0.29) is 15.3 Å². The molecule has 0 amide bonds. The molecule has 0 N–H and O–H groups in total. The van der Waals surface area contributed by atoms with Gasteiger partial charge in [0.25, 0.3) is 0 Å². The van der Waals surface area contributed by atoms with Crippen LogP contribution in [0.1, 0.15) is 26.0 Å². The van der Waals surface area contributed by atoms with Gasteiger partial charge in [-0.25, -0.2) is 13.4 Å². The monoisotopic (exact) mass is 311 g/mol. The van der Waals surface area contributed by atoms with E-state index >= 15 is 0 Å². The molecule has 1 aliphatic heterocycles. The van der Waals surface area contributed by atoms with E-state index in [4.69, 9.17) is 5.26 Å². The maximum Gasteiger partial charge on any atom is 0.244 e. The lowest BCUT2D eigenvalue weighted by molar-refractivity contribution is 0.415. The van der Waals surface area contributed by atoms with Crippen molar-refractivity contribution in [3.05, 3.63) is 24.0 Å². The molecule has 2 rings (SSSR count). The van der Waals surface area contributed by atoms with E-state index in [9.17, 15) is 8.42 Å². The Bertz CT molecular complexity index is 618. The highest BCUT2D eigenvalue weighted by Crippen LogP contribution is 2.32. The second-order valence-electron chi connectivity index (χ2n) is 5.25. The van der Waals surface area contributed by atoms with Crippen LogP contribution in [0.3, 0.4) is 0 Å². The molecule has 0 bridgehead atoms. The largest absolute Gasteiger partial charge is 0.244 e. The highest BCUT2D eigenvalue weighted by molar-refractivity contribution is 8.00. The molecule has 108 valence electrons. The first kappa shape index (κ1) is 15.3. The summed E-state index contributed by atoms with van der Waals surface area (Å²) in [4.78, 5) is 3.99. The van der Waals surface area contributed by atoms with Crippen LogP contribution >= 0.6 is 11.8 Å². The van der Waals surface area contributed by atoms with Gasteiger partial charge in [0.1, 0.15) is 16.7 Å². The molecule has 5 nitrogen and oxygen atoms in total. The Morgan fingerprint density at radius 3 is 2.75 bits per heavy atom. The Morgan fingerprint density at radius 1 is 1.40 bits per heavy atom. The first-order valence-electron chi connectivity index (χ1n) is 6.35. The second-order valence-corrected chi connectivity index (χ2v) is 8.99. The van der Waals surface area contributed by atoms with E-state index in [2.05, 4.69) is 18.8 Å². The SMILES string of the molecule is CC1(C)CCN(S(=O)(=O)c2ccc(C#N)nc2)CCS1. The molecule has 0 spiro atoms. The molecule has 0 radical (unpaired) electrons. The molecule has 0 atom stereocenters. The molecule has 7 heteroatoms. The van der Waals surface area contributed by atoms with Gasteiger partial charge >= 0.3 is 0 Å². The Hall–Kier alpha value is -1.10. The van der Waals surface area contributed by atoms with Gasteiger partial charge in [-0.3, -0.25) is 0 Å². The van der Waals surface area contributed by atoms with E-state index < -0.39 is 10.0 Å². The van der Waals surface area contributed by atoms with Crippen LogP contribution in [0.4, 0.5) is 0 Å². The zero-order valence-corrected chi connectivity index (χ0v) is 13.2. The van der Waals surface area contributed by atoms with Crippen LogP contribution in [0.25, 0.3) is 0 Å². The topological polar surface area (TPSA) is 74.1 Å². The minimum absolute atomic E-state index is 0.104. The number of nitrogens with zero attached hydrogens (tertiary/aromatic N) is 3. The second kappa shape index (κ2) is 5.72. The maximum atomic E-state index is 12.5. The standard InChI is InChI=1S/C13H17N3O2S2/c1-13(2)5-6-16(7-8-19-13)20(17,18)12-4-3-11(9-14)15-10-12/h3-4,10H,5-8H2,1-2H3. The Labute approximate surface area is 124 Å². The van der Waals surface area contributed by atoms with Gasteiger partial charge in [0, 0.05) is 29.8 Å². The number of rotatable bonds is 2. The molecule has 1 saturated heterocycles. The highest BCUT2D eigenvalue weighted by atomic mass is 32.2. The number of nitriles is 1. The minimum atomic E-state index is -3.51. The molecule has 0 aromatic carbocycles. The van der Waals surface area contributed by atoms with Crippen molar-refractivity contribution in [1.29, 1.82) is 5.26 Å². The van der Waals surface area contributed by atoms with Crippen molar-refractivity contribution in [3.8, 4) is 6.07 Å². The summed E-state index contributed by atoms with van der Waals surface area (Å²) in [5, 5.41) is 8.70. The molecule has 0 unspecified atom stereocenters. The molecule has 0 saturated carbocycles. The van der Waals surface area contributed by atoms with E-state index in [0.29, 0.717) is 13.1 Å². The summed E-state index contributed by atoms with van der Waals surface area (Å²) in [5.41, 5.74) is 0.219. The lowest BCUT2D eigenvalue weighted by atomic mass is 10.1. The van der Waals surface area contributed by atoms with E-state index in [1.165, 1.54) is 22.6 Å². The first-order chi connectivity index (χ1) is 9.35. The molecule has 2 heterocycles. The third kappa shape index (κ3) is 3.32. The number of sulfonamides is 1. The summed E-state index contributed by atoms with van der Waals surface area (Å²) in [6.45, 7) is 5.30. The molecular formula is C13H17N3O2S2. The number of thioether (sulfide) groups is 1. The van der Waals surface area contributed by atoms with Gasteiger partial charge in [-0.05, 0) is 18.6 Å². The Kier molecular flexibility index (Phi) is 4.37. The fraction of sp³-hybridized carbons (Fsp3) is 0.538. The zero-order chi connectivity index (χ0) is 14.8. The van der Waals surface area contributed by atoms with Gasteiger partial charge in [-0.1, -0.05) is 13.8 Å². The summed E-state index contributed by atoms with van der Waals surface area (Å²) < 4.78 is 26.7. The maximum absolute atomic E-state index is 12.5. The van der Waals surface area contributed by atoms with Crippen LogP contribution in [0.2, 0.25) is 0 Å². The molecular weight excluding hydrogens is 294 g/mol. The average molecular weight is 311 g/mol. The van der Waals surface area contributed by atoms with Crippen molar-refractivity contribution in [1.82, 2.24) is 9.29 Å². The zero-order valence-electron chi connectivity index (χ0n) is 11.5. The lowest BCUT2D eigenvalue weighted by Gasteiger charge is -2.22. The van der Waals surface area contributed by atoms with E-state index in [1.54, 1.807) is 11.8 Å². The summed E-state index contributed by atoms with van der Waals surface area (Å²) in [5.74, 6) is 0.788. The number of pyridine rings is 1. The smallest absolute Gasteiger partial charge is 0.244 e. The lowest BCUT2D eigenvalue weighted by Crippen LogP contribution is -2.33. The Balaban J connectivity index is 2.23. The number of aromatic nitrogens is 1. The van der Waals surface area contributed by atoms with Crippen LogP contribution in [0.5, 0.6) is 0 Å². The molecule has 0 aliphatic carbocycles. The number of hydrogen-bond acceptors (Lipinski definition) is 5. The van der Waals surface area contributed by atoms with Crippen LogP contribution < -0.4 is 0 Å². The van der Waals surface area contributed by atoms with Crippen molar-refractivity contribution in [2.24, 2.45) is 0 Å². The summed E-state index contributed by atoms with van der Waals surface area (Å²) in [6, 6.07) is 4.77. The van der Waals surface area contributed by atoms with E-state index in [0.717, 1.165) is 12.2 Å². The van der Waals surface area contributed by atoms with Crippen LogP contribution in [-0.2, 0) is 10.0 Å². The first-order valence-corrected chi connectivity index (χ1v) is 8.78. The quantitative estimate of drug-likeness (QED) is 0.833. The van der Waals surface area contributed by atoms with Crippen molar-refractivity contribution in [3.63, 3.8) is 0 Å². The third-order valence-corrected chi connectivity index (χ3v) is 6.54. The minimum Gasteiger partial charge on any atom is -0.244 e. The van der Waals surface area contributed by atoms with Crippen molar-refractivity contribution >= 4 is 21.8 Å². The van der Waals surface area contributed by atoms with Gasteiger partial charge in [-0.15, -0.1) is 0 Å². The highest BCUT2D eigenvalue weighted by Gasteiger charge is 2.30. The molecule has 20 heavy (non-hydrogen) atoms. The number of hydrogen-bond donors (Lipinski definition) is 0. The predicted octanol–water partition coefficient (Wildman–Crippen LogP) is 1.86. The van der Waals surface area contributed by atoms with Gasteiger partial charge in [0.2, 0.25) is 10.0 Å².